The minimum atomic E-state index is -0.214. The van der Waals surface area contributed by atoms with E-state index in [4.69, 9.17) is 4.74 Å². The van der Waals surface area contributed by atoms with Crippen molar-refractivity contribution in [3.8, 4) is 0 Å². The van der Waals surface area contributed by atoms with Crippen LogP contribution in [0.2, 0.25) is 0 Å². The van der Waals surface area contributed by atoms with Crippen molar-refractivity contribution in [3.63, 3.8) is 0 Å². The van der Waals surface area contributed by atoms with Crippen LogP contribution < -0.4 is 0 Å². The molecule has 1 aromatic carbocycles. The summed E-state index contributed by atoms with van der Waals surface area (Å²) in [5.74, 6) is -0.214. The van der Waals surface area contributed by atoms with Crippen molar-refractivity contribution in [3.05, 3.63) is 41.5 Å². The molecule has 2 nitrogen and oxygen atoms in total. The molecule has 2 heteroatoms. The number of hydrogen-bond acceptors (Lipinski definition) is 2. The standard InChI is InChI=1S/C12H12O2/c1-3-9-4-5-11-10(7-9)6-8(2)14-12(11)13/h3-5,7-8H,1,6H2,2H3. The van der Waals surface area contributed by atoms with Crippen LogP contribution in [0, 0.1) is 0 Å². The number of carbonyl (C=O) groups excluding carboxylic acids is 1. The summed E-state index contributed by atoms with van der Waals surface area (Å²) < 4.78 is 5.12. The van der Waals surface area contributed by atoms with Gasteiger partial charge in [-0.15, -0.1) is 0 Å². The van der Waals surface area contributed by atoms with Crippen molar-refractivity contribution in [1.29, 1.82) is 0 Å². The van der Waals surface area contributed by atoms with Gasteiger partial charge in [-0.05, 0) is 24.1 Å². The summed E-state index contributed by atoms with van der Waals surface area (Å²) in [5, 5.41) is 0. The van der Waals surface area contributed by atoms with Crippen LogP contribution in [0.15, 0.2) is 24.8 Å². The van der Waals surface area contributed by atoms with E-state index in [2.05, 4.69) is 6.58 Å². The SMILES string of the molecule is C=Cc1ccc2c(c1)CC(C)OC2=O. The molecule has 14 heavy (non-hydrogen) atoms. The molecule has 1 heterocycles. The fourth-order valence-electron chi connectivity index (χ4n) is 1.71. The second-order valence-corrected chi connectivity index (χ2v) is 3.54. The first kappa shape index (κ1) is 9.00. The first-order chi connectivity index (χ1) is 6.70. The molecule has 0 aliphatic carbocycles. The van der Waals surface area contributed by atoms with Gasteiger partial charge in [0.25, 0.3) is 0 Å². The van der Waals surface area contributed by atoms with Crippen LogP contribution in [-0.2, 0) is 11.2 Å². The van der Waals surface area contributed by atoms with Gasteiger partial charge in [-0.3, -0.25) is 0 Å². The van der Waals surface area contributed by atoms with Gasteiger partial charge in [0.1, 0.15) is 6.10 Å². The molecule has 0 amide bonds. The number of esters is 1. The number of cyclic esters (lactones) is 1. The largest absolute Gasteiger partial charge is 0.459 e. The zero-order valence-electron chi connectivity index (χ0n) is 8.12. The summed E-state index contributed by atoms with van der Waals surface area (Å²) in [6.07, 6.45) is 2.56. The highest BCUT2D eigenvalue weighted by Gasteiger charge is 2.22. The van der Waals surface area contributed by atoms with E-state index in [0.29, 0.717) is 5.56 Å². The zero-order valence-corrected chi connectivity index (χ0v) is 8.12. The van der Waals surface area contributed by atoms with E-state index >= 15 is 0 Å². The summed E-state index contributed by atoms with van der Waals surface area (Å²) in [5.41, 5.74) is 2.80. The maximum Gasteiger partial charge on any atom is 0.338 e. The van der Waals surface area contributed by atoms with Gasteiger partial charge in [-0.2, -0.15) is 0 Å². The Morgan fingerprint density at radius 1 is 1.57 bits per heavy atom. The van der Waals surface area contributed by atoms with Gasteiger partial charge in [-0.25, -0.2) is 4.79 Å². The predicted octanol–water partition coefficient (Wildman–Crippen LogP) is 2.43. The van der Waals surface area contributed by atoms with Gasteiger partial charge in [0.15, 0.2) is 0 Å². The second-order valence-electron chi connectivity index (χ2n) is 3.54. The van der Waals surface area contributed by atoms with Crippen LogP contribution in [0.3, 0.4) is 0 Å². The normalized spacial score (nSPS) is 19.8. The number of ether oxygens (including phenoxy) is 1. The number of hydrogen-bond donors (Lipinski definition) is 0. The van der Waals surface area contributed by atoms with Crippen molar-refractivity contribution in [2.24, 2.45) is 0 Å². The Kier molecular flexibility index (Phi) is 2.12. The van der Waals surface area contributed by atoms with E-state index in [1.807, 2.05) is 19.1 Å². The first-order valence-electron chi connectivity index (χ1n) is 4.67. The smallest absolute Gasteiger partial charge is 0.338 e. The number of benzene rings is 1. The van der Waals surface area contributed by atoms with Crippen molar-refractivity contribution in [2.45, 2.75) is 19.4 Å². The highest BCUT2D eigenvalue weighted by atomic mass is 16.5. The Morgan fingerprint density at radius 3 is 3.07 bits per heavy atom. The average molecular weight is 188 g/mol. The Balaban J connectivity index is 2.48. The molecule has 0 N–H and O–H groups in total. The van der Waals surface area contributed by atoms with Crippen LogP contribution in [0.1, 0.15) is 28.4 Å². The molecule has 0 fully saturated rings. The number of fused-ring (bicyclic) bond motifs is 1. The Bertz CT molecular complexity index is 393. The summed E-state index contributed by atoms with van der Waals surface area (Å²) in [7, 11) is 0. The quantitative estimate of drug-likeness (QED) is 0.633. The van der Waals surface area contributed by atoms with E-state index < -0.39 is 0 Å². The third-order valence-electron chi connectivity index (χ3n) is 2.40. The molecule has 1 aliphatic rings. The van der Waals surface area contributed by atoms with Crippen molar-refractivity contribution < 1.29 is 9.53 Å². The lowest BCUT2D eigenvalue weighted by Crippen LogP contribution is -2.25. The molecule has 72 valence electrons. The maximum atomic E-state index is 11.4. The number of carbonyl (C=O) groups is 1. The molecule has 1 aromatic rings. The van der Waals surface area contributed by atoms with Crippen LogP contribution in [0.25, 0.3) is 6.08 Å². The lowest BCUT2D eigenvalue weighted by molar-refractivity contribution is 0.0301. The summed E-state index contributed by atoms with van der Waals surface area (Å²) >= 11 is 0. The maximum absolute atomic E-state index is 11.4. The highest BCUT2D eigenvalue weighted by molar-refractivity contribution is 5.92. The molecule has 1 unspecified atom stereocenters. The summed E-state index contributed by atoms with van der Waals surface area (Å²) in [6, 6.07) is 5.68. The van der Waals surface area contributed by atoms with Gasteiger partial charge in [0.2, 0.25) is 0 Å². The molecule has 0 radical (unpaired) electrons. The lowest BCUT2D eigenvalue weighted by atomic mass is 9.97. The van der Waals surface area contributed by atoms with E-state index in [-0.39, 0.29) is 12.1 Å². The minimum absolute atomic E-state index is 0.0185. The molecule has 0 saturated heterocycles. The zero-order chi connectivity index (χ0) is 10.1. The van der Waals surface area contributed by atoms with E-state index in [9.17, 15) is 4.79 Å². The van der Waals surface area contributed by atoms with Gasteiger partial charge in [0, 0.05) is 6.42 Å². The number of rotatable bonds is 1. The first-order valence-corrected chi connectivity index (χ1v) is 4.67. The van der Waals surface area contributed by atoms with Crippen LogP contribution in [-0.4, -0.2) is 12.1 Å². The van der Waals surface area contributed by atoms with E-state index in [1.165, 1.54) is 0 Å². The Hall–Kier alpha value is -1.57. The second kappa shape index (κ2) is 3.29. The Labute approximate surface area is 83.2 Å². The van der Waals surface area contributed by atoms with Crippen LogP contribution in [0.5, 0.6) is 0 Å². The topological polar surface area (TPSA) is 26.3 Å². The molecule has 2 rings (SSSR count). The van der Waals surface area contributed by atoms with Gasteiger partial charge in [-0.1, -0.05) is 24.8 Å². The summed E-state index contributed by atoms with van der Waals surface area (Å²) in [4.78, 5) is 11.4. The van der Waals surface area contributed by atoms with Gasteiger partial charge in [0.05, 0.1) is 5.56 Å². The van der Waals surface area contributed by atoms with Crippen LogP contribution >= 0.6 is 0 Å². The van der Waals surface area contributed by atoms with Gasteiger partial charge < -0.3 is 4.74 Å². The fourth-order valence-corrected chi connectivity index (χ4v) is 1.71. The molecule has 0 bridgehead atoms. The highest BCUT2D eigenvalue weighted by Crippen LogP contribution is 2.22. The minimum Gasteiger partial charge on any atom is -0.459 e. The lowest BCUT2D eigenvalue weighted by Gasteiger charge is -2.21. The molecular formula is C12H12O2. The van der Waals surface area contributed by atoms with Crippen molar-refractivity contribution in [1.82, 2.24) is 0 Å². The van der Waals surface area contributed by atoms with Crippen molar-refractivity contribution in [2.75, 3.05) is 0 Å². The molecule has 0 saturated carbocycles. The average Bonchev–Trinajstić information content (AvgIpc) is 2.16. The van der Waals surface area contributed by atoms with E-state index in [0.717, 1.165) is 17.5 Å². The molecule has 0 aromatic heterocycles. The van der Waals surface area contributed by atoms with Crippen molar-refractivity contribution >= 4 is 12.0 Å². The Morgan fingerprint density at radius 2 is 2.36 bits per heavy atom. The fraction of sp³-hybridized carbons (Fsp3) is 0.250. The summed E-state index contributed by atoms with van der Waals surface area (Å²) in [6.45, 7) is 5.61. The van der Waals surface area contributed by atoms with Crippen LogP contribution in [0.4, 0.5) is 0 Å². The predicted molar refractivity (Wildman–Crippen MR) is 55.1 cm³/mol. The molecule has 0 spiro atoms. The molecule has 1 atom stereocenters. The monoisotopic (exact) mass is 188 g/mol. The van der Waals surface area contributed by atoms with E-state index in [1.54, 1.807) is 12.1 Å². The van der Waals surface area contributed by atoms with Gasteiger partial charge >= 0.3 is 5.97 Å². The third kappa shape index (κ3) is 1.43. The third-order valence-corrected chi connectivity index (χ3v) is 2.40. The molecular weight excluding hydrogens is 176 g/mol. The molecule has 1 aliphatic heterocycles.